The number of halogens is 1. The first-order valence-electron chi connectivity index (χ1n) is 9.57. The second-order valence-corrected chi connectivity index (χ2v) is 9.36. The highest BCUT2D eigenvalue weighted by Crippen LogP contribution is 2.18. The third-order valence-corrected chi connectivity index (χ3v) is 6.21. The summed E-state index contributed by atoms with van der Waals surface area (Å²) < 4.78 is 37.5. The van der Waals surface area contributed by atoms with Crippen LogP contribution < -0.4 is 10.2 Å². The van der Waals surface area contributed by atoms with Crippen molar-refractivity contribution in [2.45, 2.75) is 6.92 Å². The molecule has 1 saturated heterocycles. The summed E-state index contributed by atoms with van der Waals surface area (Å²) >= 11 is 0. The van der Waals surface area contributed by atoms with Gasteiger partial charge in [-0.1, -0.05) is 12.1 Å². The molecule has 1 aliphatic heterocycles. The number of carbonyl (C=O) groups is 2. The summed E-state index contributed by atoms with van der Waals surface area (Å²) in [6.45, 7) is 4.08. The van der Waals surface area contributed by atoms with E-state index in [-0.39, 0.29) is 5.69 Å². The van der Waals surface area contributed by atoms with Crippen LogP contribution in [0.1, 0.15) is 5.56 Å². The SMILES string of the molecule is Cc1cccc(N2CCN(C(=O)CS(=O)(=O)CC(=O)Nc3ccc(F)cc3)CC2)c1. The summed E-state index contributed by atoms with van der Waals surface area (Å²) in [5, 5.41) is 2.39. The second-order valence-electron chi connectivity index (χ2n) is 7.29. The fourth-order valence-electron chi connectivity index (χ4n) is 3.30. The Morgan fingerprint density at radius 1 is 1.00 bits per heavy atom. The molecule has 0 atom stereocenters. The molecule has 1 aliphatic rings. The number of nitrogens with zero attached hydrogens (tertiary/aromatic N) is 2. The van der Waals surface area contributed by atoms with E-state index in [9.17, 15) is 22.4 Å². The van der Waals surface area contributed by atoms with Crippen molar-refractivity contribution >= 4 is 33.0 Å². The van der Waals surface area contributed by atoms with Gasteiger partial charge in [0.05, 0.1) is 0 Å². The molecule has 1 N–H and O–H groups in total. The largest absolute Gasteiger partial charge is 0.368 e. The monoisotopic (exact) mass is 433 g/mol. The van der Waals surface area contributed by atoms with Crippen LogP contribution in [0.3, 0.4) is 0 Å². The summed E-state index contributed by atoms with van der Waals surface area (Å²) in [5.74, 6) is -3.26. The van der Waals surface area contributed by atoms with E-state index >= 15 is 0 Å². The zero-order valence-electron chi connectivity index (χ0n) is 16.7. The quantitative estimate of drug-likeness (QED) is 0.751. The van der Waals surface area contributed by atoms with Crippen LogP contribution in [-0.4, -0.2) is 62.8 Å². The van der Waals surface area contributed by atoms with E-state index in [1.807, 2.05) is 25.1 Å². The van der Waals surface area contributed by atoms with Gasteiger partial charge in [0.1, 0.15) is 17.3 Å². The molecule has 2 aromatic carbocycles. The average Bonchev–Trinajstić information content (AvgIpc) is 2.69. The van der Waals surface area contributed by atoms with Crippen LogP contribution in [0.2, 0.25) is 0 Å². The van der Waals surface area contributed by atoms with Crippen molar-refractivity contribution in [2.75, 3.05) is 47.9 Å². The number of nitrogens with one attached hydrogen (secondary N) is 1. The van der Waals surface area contributed by atoms with Crippen molar-refractivity contribution in [2.24, 2.45) is 0 Å². The number of hydrogen-bond donors (Lipinski definition) is 1. The fraction of sp³-hybridized carbons (Fsp3) is 0.333. The number of hydrogen-bond acceptors (Lipinski definition) is 5. The Balaban J connectivity index is 1.50. The van der Waals surface area contributed by atoms with Gasteiger partial charge < -0.3 is 15.1 Å². The maximum Gasteiger partial charge on any atom is 0.239 e. The minimum Gasteiger partial charge on any atom is -0.368 e. The minimum atomic E-state index is -3.92. The molecule has 0 bridgehead atoms. The summed E-state index contributed by atoms with van der Waals surface area (Å²) in [7, 11) is -3.92. The molecule has 2 aromatic rings. The number of sulfone groups is 1. The summed E-state index contributed by atoms with van der Waals surface area (Å²) in [4.78, 5) is 28.1. The lowest BCUT2D eigenvalue weighted by molar-refractivity contribution is -0.128. The van der Waals surface area contributed by atoms with Gasteiger partial charge in [-0.25, -0.2) is 12.8 Å². The van der Waals surface area contributed by atoms with E-state index in [2.05, 4.69) is 16.3 Å². The molecule has 7 nitrogen and oxygen atoms in total. The van der Waals surface area contributed by atoms with Gasteiger partial charge in [-0.3, -0.25) is 9.59 Å². The van der Waals surface area contributed by atoms with Crippen LogP contribution >= 0.6 is 0 Å². The highest BCUT2D eigenvalue weighted by molar-refractivity contribution is 7.92. The predicted molar refractivity (Wildman–Crippen MR) is 114 cm³/mol. The fourth-order valence-corrected chi connectivity index (χ4v) is 4.43. The van der Waals surface area contributed by atoms with Gasteiger partial charge in [-0.05, 0) is 48.9 Å². The molecule has 0 unspecified atom stereocenters. The summed E-state index contributed by atoms with van der Waals surface area (Å²) in [6, 6.07) is 13.0. The van der Waals surface area contributed by atoms with Crippen molar-refractivity contribution in [3.8, 4) is 0 Å². The number of rotatable bonds is 6. The van der Waals surface area contributed by atoms with Crippen LogP contribution in [0.5, 0.6) is 0 Å². The second kappa shape index (κ2) is 9.25. The zero-order chi connectivity index (χ0) is 21.7. The molecule has 0 aromatic heterocycles. The van der Waals surface area contributed by atoms with Gasteiger partial charge in [-0.2, -0.15) is 0 Å². The van der Waals surface area contributed by atoms with Gasteiger partial charge in [0, 0.05) is 37.6 Å². The van der Waals surface area contributed by atoms with E-state index < -0.39 is 39.0 Å². The molecular formula is C21H24FN3O4S. The van der Waals surface area contributed by atoms with E-state index in [0.29, 0.717) is 26.2 Å². The zero-order valence-corrected chi connectivity index (χ0v) is 17.5. The number of benzene rings is 2. The number of aryl methyl sites for hydroxylation is 1. The Hall–Kier alpha value is -2.94. The van der Waals surface area contributed by atoms with Crippen molar-refractivity contribution in [3.63, 3.8) is 0 Å². The van der Waals surface area contributed by atoms with Crippen molar-refractivity contribution in [1.29, 1.82) is 0 Å². The van der Waals surface area contributed by atoms with Gasteiger partial charge >= 0.3 is 0 Å². The maximum atomic E-state index is 12.9. The molecule has 3 rings (SSSR count). The molecule has 1 fully saturated rings. The van der Waals surface area contributed by atoms with Crippen molar-refractivity contribution < 1.29 is 22.4 Å². The Morgan fingerprint density at radius 2 is 1.67 bits per heavy atom. The first-order chi connectivity index (χ1) is 14.2. The topological polar surface area (TPSA) is 86.8 Å². The van der Waals surface area contributed by atoms with Crippen molar-refractivity contribution in [1.82, 2.24) is 4.90 Å². The third kappa shape index (κ3) is 6.03. The van der Waals surface area contributed by atoms with Gasteiger partial charge in [0.2, 0.25) is 11.8 Å². The average molecular weight is 434 g/mol. The van der Waals surface area contributed by atoms with E-state index in [0.717, 1.165) is 23.4 Å². The van der Waals surface area contributed by atoms with Crippen LogP contribution in [0.15, 0.2) is 48.5 Å². The molecule has 160 valence electrons. The first kappa shape index (κ1) is 21.8. The smallest absolute Gasteiger partial charge is 0.239 e. The number of anilines is 2. The van der Waals surface area contributed by atoms with Crippen LogP contribution in [0.4, 0.5) is 15.8 Å². The molecular weight excluding hydrogens is 409 g/mol. The highest BCUT2D eigenvalue weighted by Gasteiger charge is 2.27. The summed E-state index contributed by atoms with van der Waals surface area (Å²) in [6.07, 6.45) is 0. The first-order valence-corrected chi connectivity index (χ1v) is 11.4. The molecule has 0 radical (unpaired) electrons. The third-order valence-electron chi connectivity index (χ3n) is 4.82. The molecule has 0 saturated carbocycles. The van der Waals surface area contributed by atoms with Crippen LogP contribution in [0.25, 0.3) is 0 Å². The Kier molecular flexibility index (Phi) is 6.71. The Morgan fingerprint density at radius 3 is 2.30 bits per heavy atom. The molecule has 9 heteroatoms. The van der Waals surface area contributed by atoms with E-state index in [1.54, 1.807) is 0 Å². The van der Waals surface area contributed by atoms with Gasteiger partial charge in [0.25, 0.3) is 0 Å². The van der Waals surface area contributed by atoms with Gasteiger partial charge in [-0.15, -0.1) is 0 Å². The van der Waals surface area contributed by atoms with Crippen LogP contribution in [-0.2, 0) is 19.4 Å². The molecule has 1 heterocycles. The molecule has 2 amide bonds. The number of carbonyl (C=O) groups excluding carboxylic acids is 2. The Bertz CT molecular complexity index is 1020. The van der Waals surface area contributed by atoms with Crippen molar-refractivity contribution in [3.05, 3.63) is 59.9 Å². The van der Waals surface area contributed by atoms with Crippen LogP contribution in [0, 0.1) is 12.7 Å². The molecule has 0 aliphatic carbocycles. The lowest BCUT2D eigenvalue weighted by Crippen LogP contribution is -2.50. The predicted octanol–water partition coefficient (Wildman–Crippen LogP) is 1.84. The lowest BCUT2D eigenvalue weighted by Gasteiger charge is -2.36. The normalized spacial score (nSPS) is 14.5. The van der Waals surface area contributed by atoms with Gasteiger partial charge in [0.15, 0.2) is 9.84 Å². The number of amides is 2. The maximum absolute atomic E-state index is 12.9. The lowest BCUT2D eigenvalue weighted by atomic mass is 10.2. The standard InChI is InChI=1S/C21H24FN3O4S/c1-16-3-2-4-19(13-16)24-9-11-25(12-10-24)21(27)15-30(28,29)14-20(26)23-18-7-5-17(22)6-8-18/h2-8,13H,9-12,14-15H2,1H3,(H,23,26). The molecule has 0 spiro atoms. The summed E-state index contributed by atoms with van der Waals surface area (Å²) in [5.41, 5.74) is 2.51. The molecule has 30 heavy (non-hydrogen) atoms. The Labute approximate surface area is 175 Å². The van der Waals surface area contributed by atoms with E-state index in [1.165, 1.54) is 17.0 Å². The van der Waals surface area contributed by atoms with E-state index in [4.69, 9.17) is 0 Å². The number of piperazine rings is 1. The minimum absolute atomic E-state index is 0.287. The highest BCUT2D eigenvalue weighted by atomic mass is 32.2.